The van der Waals surface area contributed by atoms with Gasteiger partial charge in [-0.25, -0.2) is 4.79 Å². The maximum Gasteiger partial charge on any atom is 0.359 e. The molecule has 1 aliphatic rings. The van der Waals surface area contributed by atoms with Crippen LogP contribution in [0.3, 0.4) is 0 Å². The van der Waals surface area contributed by atoms with Crippen LogP contribution in [0, 0.1) is 0 Å². The fourth-order valence-corrected chi connectivity index (χ4v) is 2.62. The van der Waals surface area contributed by atoms with Gasteiger partial charge in [0.25, 0.3) is 5.91 Å². The standard InChI is InChI=1S/C17H18N4O5/c1-10(26-17(24)13-7-11(9-25-2)19-20-13)16(23)21-8-15(22)18-12-5-3-4-6-14(12)21/h3-7,10H,8-9H2,1-2H3,(H,18,22)(H,19,20). The average Bonchev–Trinajstić information content (AvgIpc) is 3.09. The second-order valence-corrected chi connectivity index (χ2v) is 5.75. The van der Waals surface area contributed by atoms with Crippen molar-refractivity contribution >= 4 is 29.2 Å². The second-order valence-electron chi connectivity index (χ2n) is 5.75. The van der Waals surface area contributed by atoms with Gasteiger partial charge in [0.05, 0.1) is 23.7 Å². The van der Waals surface area contributed by atoms with E-state index in [-0.39, 0.29) is 24.8 Å². The van der Waals surface area contributed by atoms with Gasteiger partial charge in [0, 0.05) is 7.11 Å². The van der Waals surface area contributed by atoms with Crippen molar-refractivity contribution in [3.8, 4) is 0 Å². The van der Waals surface area contributed by atoms with E-state index < -0.39 is 18.0 Å². The zero-order valence-electron chi connectivity index (χ0n) is 14.3. The first-order valence-electron chi connectivity index (χ1n) is 7.94. The predicted octanol–water partition coefficient (Wildman–Crippen LogP) is 1.09. The summed E-state index contributed by atoms with van der Waals surface area (Å²) in [6.45, 7) is 1.59. The van der Waals surface area contributed by atoms with Crippen LogP contribution in [0.25, 0.3) is 0 Å². The third kappa shape index (κ3) is 3.57. The van der Waals surface area contributed by atoms with Gasteiger partial charge in [0.2, 0.25) is 5.91 Å². The highest BCUT2D eigenvalue weighted by Gasteiger charge is 2.31. The van der Waals surface area contributed by atoms with Gasteiger partial charge in [-0.1, -0.05) is 12.1 Å². The molecule has 0 spiro atoms. The second kappa shape index (κ2) is 7.36. The number of nitrogens with zero attached hydrogens (tertiary/aromatic N) is 2. The molecule has 2 aromatic rings. The molecule has 0 fully saturated rings. The number of aromatic nitrogens is 2. The minimum atomic E-state index is -1.08. The number of methoxy groups -OCH3 is 1. The van der Waals surface area contributed by atoms with Gasteiger partial charge in [-0.15, -0.1) is 0 Å². The third-order valence-electron chi connectivity index (χ3n) is 3.81. The number of aromatic amines is 1. The van der Waals surface area contributed by atoms with Crippen LogP contribution in [-0.4, -0.2) is 47.7 Å². The number of rotatable bonds is 5. The Morgan fingerprint density at radius 3 is 2.88 bits per heavy atom. The van der Waals surface area contributed by atoms with E-state index in [1.165, 1.54) is 25.0 Å². The third-order valence-corrected chi connectivity index (χ3v) is 3.81. The molecule has 1 unspecified atom stereocenters. The number of amides is 2. The van der Waals surface area contributed by atoms with Crippen LogP contribution >= 0.6 is 0 Å². The lowest BCUT2D eigenvalue weighted by atomic mass is 10.1. The molecule has 1 atom stereocenters. The van der Waals surface area contributed by atoms with Gasteiger partial charge in [-0.05, 0) is 25.1 Å². The summed E-state index contributed by atoms with van der Waals surface area (Å²) >= 11 is 0. The van der Waals surface area contributed by atoms with Crippen LogP contribution in [0.15, 0.2) is 30.3 Å². The number of carbonyl (C=O) groups is 3. The summed E-state index contributed by atoms with van der Waals surface area (Å²) < 4.78 is 10.1. The summed E-state index contributed by atoms with van der Waals surface area (Å²) in [7, 11) is 1.52. The Morgan fingerprint density at radius 2 is 2.12 bits per heavy atom. The van der Waals surface area contributed by atoms with E-state index in [2.05, 4.69) is 15.5 Å². The zero-order valence-corrected chi connectivity index (χ0v) is 14.3. The molecule has 2 heterocycles. The van der Waals surface area contributed by atoms with E-state index in [0.717, 1.165) is 0 Å². The van der Waals surface area contributed by atoms with Crippen LogP contribution in [0.4, 0.5) is 11.4 Å². The van der Waals surface area contributed by atoms with Crippen LogP contribution in [0.1, 0.15) is 23.1 Å². The van der Waals surface area contributed by atoms with Gasteiger partial charge >= 0.3 is 5.97 Å². The molecule has 9 heteroatoms. The molecule has 1 aliphatic heterocycles. The summed E-state index contributed by atoms with van der Waals surface area (Å²) in [5, 5.41) is 9.19. The maximum absolute atomic E-state index is 12.7. The molecule has 26 heavy (non-hydrogen) atoms. The first kappa shape index (κ1) is 17.6. The number of benzene rings is 1. The summed E-state index contributed by atoms with van der Waals surface area (Å²) in [4.78, 5) is 38.0. The van der Waals surface area contributed by atoms with Crippen LogP contribution in [0.5, 0.6) is 0 Å². The van der Waals surface area contributed by atoms with E-state index in [0.29, 0.717) is 17.1 Å². The number of hydrogen-bond donors (Lipinski definition) is 2. The highest BCUT2D eigenvalue weighted by Crippen LogP contribution is 2.29. The normalized spacial score (nSPS) is 14.4. The Morgan fingerprint density at radius 1 is 1.35 bits per heavy atom. The molecule has 1 aromatic carbocycles. The minimum absolute atomic E-state index is 0.0495. The number of ether oxygens (including phenoxy) is 2. The number of para-hydroxylation sites is 2. The molecule has 1 aromatic heterocycles. The Bertz CT molecular complexity index is 847. The van der Waals surface area contributed by atoms with Crippen molar-refractivity contribution in [3.05, 3.63) is 41.7 Å². The Balaban J connectivity index is 1.71. The highest BCUT2D eigenvalue weighted by atomic mass is 16.5. The van der Waals surface area contributed by atoms with E-state index in [4.69, 9.17) is 9.47 Å². The Labute approximate surface area is 149 Å². The average molecular weight is 358 g/mol. The Kier molecular flexibility index (Phi) is 4.99. The predicted molar refractivity (Wildman–Crippen MR) is 91.6 cm³/mol. The molecular weight excluding hydrogens is 340 g/mol. The lowest BCUT2D eigenvalue weighted by Crippen LogP contribution is -2.47. The van der Waals surface area contributed by atoms with Crippen molar-refractivity contribution in [2.75, 3.05) is 23.9 Å². The summed E-state index contributed by atoms with van der Waals surface area (Å²) in [6, 6.07) is 8.42. The summed E-state index contributed by atoms with van der Waals surface area (Å²) in [5.41, 5.74) is 1.75. The molecule has 0 saturated carbocycles. The number of fused-ring (bicyclic) bond motifs is 1. The first-order valence-corrected chi connectivity index (χ1v) is 7.94. The number of hydrogen-bond acceptors (Lipinski definition) is 6. The molecule has 0 bridgehead atoms. The smallest absolute Gasteiger partial charge is 0.359 e. The highest BCUT2D eigenvalue weighted by molar-refractivity contribution is 6.11. The van der Waals surface area contributed by atoms with Crippen molar-refractivity contribution in [2.45, 2.75) is 19.6 Å². The van der Waals surface area contributed by atoms with Crippen molar-refractivity contribution in [1.29, 1.82) is 0 Å². The molecular formula is C17H18N4O5. The van der Waals surface area contributed by atoms with Gasteiger partial charge in [-0.2, -0.15) is 5.10 Å². The molecule has 9 nitrogen and oxygen atoms in total. The lowest BCUT2D eigenvalue weighted by molar-refractivity contribution is -0.128. The van der Waals surface area contributed by atoms with E-state index >= 15 is 0 Å². The van der Waals surface area contributed by atoms with Gasteiger partial charge in [0.15, 0.2) is 11.8 Å². The van der Waals surface area contributed by atoms with Crippen molar-refractivity contribution in [3.63, 3.8) is 0 Å². The van der Waals surface area contributed by atoms with E-state index in [1.54, 1.807) is 24.3 Å². The largest absolute Gasteiger partial charge is 0.448 e. The number of H-pyrrole nitrogens is 1. The fourth-order valence-electron chi connectivity index (χ4n) is 2.62. The van der Waals surface area contributed by atoms with Gasteiger partial charge in [0.1, 0.15) is 6.54 Å². The topological polar surface area (TPSA) is 114 Å². The maximum atomic E-state index is 12.7. The molecule has 3 rings (SSSR count). The quantitative estimate of drug-likeness (QED) is 0.774. The molecule has 136 valence electrons. The van der Waals surface area contributed by atoms with Crippen LogP contribution in [0.2, 0.25) is 0 Å². The van der Waals surface area contributed by atoms with Gasteiger partial charge < -0.3 is 14.8 Å². The minimum Gasteiger partial charge on any atom is -0.448 e. The monoisotopic (exact) mass is 358 g/mol. The number of nitrogens with one attached hydrogen (secondary N) is 2. The SMILES string of the molecule is COCc1cc(C(=O)OC(C)C(=O)N2CC(=O)Nc3ccccc32)n[nH]1. The molecule has 0 saturated heterocycles. The van der Waals surface area contributed by atoms with Crippen LogP contribution < -0.4 is 10.2 Å². The van der Waals surface area contributed by atoms with Crippen LogP contribution in [-0.2, 0) is 25.7 Å². The molecule has 0 aliphatic carbocycles. The van der Waals surface area contributed by atoms with E-state index in [1.807, 2.05) is 0 Å². The number of anilines is 2. The number of esters is 1. The fraction of sp³-hybridized carbons (Fsp3) is 0.294. The molecule has 2 amide bonds. The summed E-state index contributed by atoms with van der Waals surface area (Å²) in [5.74, 6) is -1.54. The zero-order chi connectivity index (χ0) is 18.7. The molecule has 0 radical (unpaired) electrons. The van der Waals surface area contributed by atoms with E-state index in [9.17, 15) is 14.4 Å². The first-order chi connectivity index (χ1) is 12.5. The van der Waals surface area contributed by atoms with Gasteiger partial charge in [-0.3, -0.25) is 19.6 Å². The van der Waals surface area contributed by atoms with Crippen molar-refractivity contribution in [1.82, 2.24) is 10.2 Å². The number of carbonyl (C=O) groups excluding carboxylic acids is 3. The Hall–Kier alpha value is -3.20. The van der Waals surface area contributed by atoms with Crippen molar-refractivity contribution in [2.24, 2.45) is 0 Å². The lowest BCUT2D eigenvalue weighted by Gasteiger charge is -2.30. The molecule has 2 N–H and O–H groups in total. The summed E-state index contributed by atoms with van der Waals surface area (Å²) in [6.07, 6.45) is -1.08. The van der Waals surface area contributed by atoms with Crippen molar-refractivity contribution < 1.29 is 23.9 Å².